The number of rotatable bonds is 3. The van der Waals surface area contributed by atoms with E-state index in [1.54, 1.807) is 24.4 Å². The number of amides is 1. The normalized spacial score (nSPS) is 12.6. The number of hydrogen-bond donors (Lipinski definition) is 1. The Hall–Kier alpha value is -2.34. The van der Waals surface area contributed by atoms with E-state index >= 15 is 0 Å². The smallest absolute Gasteiger partial charge is 0.248 e. The molecule has 0 saturated heterocycles. The van der Waals surface area contributed by atoms with Crippen molar-refractivity contribution < 1.29 is 14.3 Å². The van der Waals surface area contributed by atoms with Crippen molar-refractivity contribution in [1.29, 1.82) is 0 Å². The number of pyridine rings is 1. The number of carbonyl (C=O) groups is 1. The minimum Gasteiger partial charge on any atom is -0.454 e. The number of benzene rings is 1. The van der Waals surface area contributed by atoms with Gasteiger partial charge < -0.3 is 14.8 Å². The van der Waals surface area contributed by atoms with Crippen LogP contribution < -0.4 is 14.8 Å². The minimum absolute atomic E-state index is 0.234. The fourth-order valence-corrected chi connectivity index (χ4v) is 2.19. The molecule has 0 saturated carbocycles. The molecule has 106 valence electrons. The van der Waals surface area contributed by atoms with Crippen molar-refractivity contribution in [1.82, 2.24) is 4.98 Å². The first-order chi connectivity index (χ1) is 10.2. The Labute approximate surface area is 129 Å². The van der Waals surface area contributed by atoms with E-state index in [0.29, 0.717) is 16.0 Å². The van der Waals surface area contributed by atoms with Crippen molar-refractivity contribution in [3.8, 4) is 11.5 Å². The molecular formula is C15H11BrN2O3. The monoisotopic (exact) mass is 346 g/mol. The van der Waals surface area contributed by atoms with E-state index in [-0.39, 0.29) is 12.7 Å². The highest BCUT2D eigenvalue weighted by Gasteiger charge is 2.12. The first-order valence-corrected chi connectivity index (χ1v) is 7.01. The number of nitrogens with zero attached hydrogens (tertiary/aromatic N) is 1. The topological polar surface area (TPSA) is 60.5 Å². The van der Waals surface area contributed by atoms with Crippen molar-refractivity contribution in [3.05, 3.63) is 52.8 Å². The molecule has 1 aromatic carbocycles. The summed E-state index contributed by atoms with van der Waals surface area (Å²) in [6, 6.07) is 9.02. The molecule has 0 spiro atoms. The summed E-state index contributed by atoms with van der Waals surface area (Å²) >= 11 is 3.27. The second kappa shape index (κ2) is 5.97. The summed E-state index contributed by atoms with van der Waals surface area (Å²) in [6.07, 6.45) is 4.81. The number of fused-ring (bicyclic) bond motifs is 1. The Balaban J connectivity index is 1.68. The van der Waals surface area contributed by atoms with Gasteiger partial charge in [-0.05, 0) is 51.8 Å². The van der Waals surface area contributed by atoms with Gasteiger partial charge in [-0.15, -0.1) is 0 Å². The van der Waals surface area contributed by atoms with Crippen molar-refractivity contribution in [2.24, 2.45) is 0 Å². The summed E-state index contributed by atoms with van der Waals surface area (Å²) in [5.41, 5.74) is 1.48. The summed E-state index contributed by atoms with van der Waals surface area (Å²) in [5.74, 6) is 1.17. The lowest BCUT2D eigenvalue weighted by molar-refractivity contribution is -0.111. The van der Waals surface area contributed by atoms with Crippen LogP contribution in [-0.4, -0.2) is 17.7 Å². The van der Waals surface area contributed by atoms with Gasteiger partial charge in [0.1, 0.15) is 4.60 Å². The van der Waals surface area contributed by atoms with Gasteiger partial charge in [0.25, 0.3) is 0 Å². The van der Waals surface area contributed by atoms with Gasteiger partial charge in [-0.1, -0.05) is 6.07 Å². The first-order valence-electron chi connectivity index (χ1n) is 6.21. The lowest BCUT2D eigenvalue weighted by Gasteiger charge is -2.03. The van der Waals surface area contributed by atoms with Crippen molar-refractivity contribution >= 4 is 33.6 Å². The molecule has 2 aromatic rings. The van der Waals surface area contributed by atoms with E-state index in [2.05, 4.69) is 26.2 Å². The Morgan fingerprint density at radius 1 is 1.29 bits per heavy atom. The van der Waals surface area contributed by atoms with Gasteiger partial charge >= 0.3 is 0 Å². The molecule has 3 rings (SSSR count). The molecule has 21 heavy (non-hydrogen) atoms. The average Bonchev–Trinajstić information content (AvgIpc) is 2.95. The minimum atomic E-state index is -0.235. The highest BCUT2D eigenvalue weighted by molar-refractivity contribution is 9.10. The van der Waals surface area contributed by atoms with Gasteiger partial charge in [-0.25, -0.2) is 4.98 Å². The number of nitrogens with one attached hydrogen (secondary N) is 1. The number of carbonyl (C=O) groups excluding carboxylic acids is 1. The second-order valence-corrected chi connectivity index (χ2v) is 5.03. The molecule has 1 aliphatic heterocycles. The summed E-state index contributed by atoms with van der Waals surface area (Å²) < 4.78 is 11.1. The number of aromatic nitrogens is 1. The van der Waals surface area contributed by atoms with Crippen LogP contribution in [-0.2, 0) is 4.79 Å². The molecule has 0 atom stereocenters. The van der Waals surface area contributed by atoms with E-state index in [0.717, 1.165) is 11.3 Å². The summed E-state index contributed by atoms with van der Waals surface area (Å²) in [5, 5.41) is 2.74. The highest BCUT2D eigenvalue weighted by atomic mass is 79.9. The molecule has 0 fully saturated rings. The fourth-order valence-electron chi connectivity index (χ4n) is 1.84. The number of halogens is 1. The SMILES string of the molecule is O=C(/C=C/c1ccc2c(c1)OCO2)Nc1cccnc1Br. The molecule has 1 amide bonds. The quantitative estimate of drug-likeness (QED) is 0.684. The van der Waals surface area contributed by atoms with E-state index < -0.39 is 0 Å². The molecule has 1 aromatic heterocycles. The molecule has 1 N–H and O–H groups in total. The zero-order valence-corrected chi connectivity index (χ0v) is 12.5. The molecule has 1 aliphatic rings. The number of ether oxygens (including phenoxy) is 2. The maximum absolute atomic E-state index is 11.9. The Morgan fingerprint density at radius 2 is 2.14 bits per heavy atom. The van der Waals surface area contributed by atoms with Crippen molar-refractivity contribution in [2.45, 2.75) is 0 Å². The van der Waals surface area contributed by atoms with Crippen LogP contribution in [0.2, 0.25) is 0 Å². The van der Waals surface area contributed by atoms with Crippen LogP contribution in [0.25, 0.3) is 6.08 Å². The van der Waals surface area contributed by atoms with Crippen LogP contribution in [0.4, 0.5) is 5.69 Å². The maximum atomic E-state index is 11.9. The molecular weight excluding hydrogens is 336 g/mol. The Morgan fingerprint density at radius 3 is 3.00 bits per heavy atom. The number of anilines is 1. The standard InChI is InChI=1S/C15H11BrN2O3/c16-15-11(2-1-7-17-15)18-14(19)6-4-10-3-5-12-13(8-10)21-9-20-12/h1-8H,9H2,(H,18,19)/b6-4+. The molecule has 0 bridgehead atoms. The summed E-state index contributed by atoms with van der Waals surface area (Å²) in [6.45, 7) is 0.234. The highest BCUT2D eigenvalue weighted by Crippen LogP contribution is 2.32. The van der Waals surface area contributed by atoms with Gasteiger partial charge in [0.2, 0.25) is 12.7 Å². The zero-order valence-electron chi connectivity index (χ0n) is 10.9. The Bertz CT molecular complexity index is 716. The van der Waals surface area contributed by atoms with E-state index in [1.807, 2.05) is 18.2 Å². The largest absolute Gasteiger partial charge is 0.454 e. The molecule has 0 radical (unpaired) electrons. The summed E-state index contributed by atoms with van der Waals surface area (Å²) in [7, 11) is 0. The maximum Gasteiger partial charge on any atom is 0.248 e. The molecule has 2 heterocycles. The average molecular weight is 347 g/mol. The zero-order chi connectivity index (χ0) is 14.7. The molecule has 5 nitrogen and oxygen atoms in total. The predicted molar refractivity (Wildman–Crippen MR) is 82.2 cm³/mol. The van der Waals surface area contributed by atoms with Gasteiger partial charge in [0, 0.05) is 12.3 Å². The third-order valence-corrected chi connectivity index (χ3v) is 3.47. The molecule has 0 aliphatic carbocycles. The van der Waals surface area contributed by atoms with Gasteiger partial charge in [-0.3, -0.25) is 4.79 Å². The van der Waals surface area contributed by atoms with Crippen LogP contribution in [0, 0.1) is 0 Å². The van der Waals surface area contributed by atoms with Gasteiger partial charge in [0.05, 0.1) is 5.69 Å². The van der Waals surface area contributed by atoms with E-state index in [4.69, 9.17) is 9.47 Å². The fraction of sp³-hybridized carbons (Fsp3) is 0.0667. The van der Waals surface area contributed by atoms with E-state index in [9.17, 15) is 4.79 Å². The lowest BCUT2D eigenvalue weighted by atomic mass is 10.2. The third kappa shape index (κ3) is 3.22. The van der Waals surface area contributed by atoms with Gasteiger partial charge in [-0.2, -0.15) is 0 Å². The second-order valence-electron chi connectivity index (χ2n) is 4.28. The van der Waals surface area contributed by atoms with Crippen molar-refractivity contribution in [2.75, 3.05) is 12.1 Å². The lowest BCUT2D eigenvalue weighted by Crippen LogP contribution is -2.08. The van der Waals surface area contributed by atoms with E-state index in [1.165, 1.54) is 6.08 Å². The number of hydrogen-bond acceptors (Lipinski definition) is 4. The molecule has 0 unspecified atom stereocenters. The molecule has 6 heteroatoms. The predicted octanol–water partition coefficient (Wildman–Crippen LogP) is 3.22. The van der Waals surface area contributed by atoms with Crippen molar-refractivity contribution in [3.63, 3.8) is 0 Å². The van der Waals surface area contributed by atoms with Gasteiger partial charge in [0.15, 0.2) is 11.5 Å². The van der Waals surface area contributed by atoms with Crippen LogP contribution in [0.15, 0.2) is 47.2 Å². The van der Waals surface area contributed by atoms with Crippen LogP contribution >= 0.6 is 15.9 Å². The first kappa shape index (κ1) is 13.6. The third-order valence-electron chi connectivity index (χ3n) is 2.84. The van der Waals surface area contributed by atoms with Crippen LogP contribution in [0.5, 0.6) is 11.5 Å². The summed E-state index contributed by atoms with van der Waals surface area (Å²) in [4.78, 5) is 15.9. The Kier molecular flexibility index (Phi) is 3.87. The van der Waals surface area contributed by atoms with Crippen LogP contribution in [0.1, 0.15) is 5.56 Å². The van der Waals surface area contributed by atoms with Crippen LogP contribution in [0.3, 0.4) is 0 Å².